The number of nitrogens with two attached hydrogens (primary N) is 1. The van der Waals surface area contributed by atoms with Crippen molar-refractivity contribution in [2.75, 3.05) is 5.73 Å². The number of hydrogen-bond donors (Lipinski definition) is 1. The van der Waals surface area contributed by atoms with Gasteiger partial charge in [0.15, 0.2) is 0 Å². The highest BCUT2D eigenvalue weighted by Crippen LogP contribution is 2.20. The number of rotatable bonds is 3. The Morgan fingerprint density at radius 2 is 2.32 bits per heavy atom. The van der Waals surface area contributed by atoms with Crippen molar-refractivity contribution in [2.45, 2.75) is 6.61 Å². The van der Waals surface area contributed by atoms with Gasteiger partial charge < -0.3 is 14.9 Å². The fourth-order valence-electron chi connectivity index (χ4n) is 1.75. The van der Waals surface area contributed by atoms with Crippen molar-refractivity contribution in [3.05, 3.63) is 52.6 Å². The molecule has 19 heavy (non-hydrogen) atoms. The van der Waals surface area contributed by atoms with Crippen molar-refractivity contribution in [1.29, 1.82) is 0 Å². The Bertz CT molecular complexity index is 699. The number of pyridine rings is 1. The summed E-state index contributed by atoms with van der Waals surface area (Å²) in [5.41, 5.74) is 7.64. The molecule has 0 saturated heterocycles. The van der Waals surface area contributed by atoms with Crippen molar-refractivity contribution in [3.8, 4) is 0 Å². The molecule has 0 spiro atoms. The van der Waals surface area contributed by atoms with Gasteiger partial charge in [0, 0.05) is 12.4 Å². The lowest BCUT2D eigenvalue weighted by Crippen LogP contribution is -2.05. The van der Waals surface area contributed by atoms with Crippen LogP contribution in [0.25, 0.3) is 5.65 Å². The van der Waals surface area contributed by atoms with Gasteiger partial charge in [-0.3, -0.25) is 0 Å². The first kappa shape index (κ1) is 11.7. The van der Waals surface area contributed by atoms with E-state index in [0.717, 1.165) is 5.65 Å². The summed E-state index contributed by atoms with van der Waals surface area (Å²) in [6.07, 6.45) is 3.73. The lowest BCUT2D eigenvalue weighted by atomic mass is 10.4. The minimum absolute atomic E-state index is 0.137. The van der Waals surface area contributed by atoms with Crippen molar-refractivity contribution in [3.63, 3.8) is 0 Å². The second kappa shape index (κ2) is 4.74. The van der Waals surface area contributed by atoms with Crippen LogP contribution in [-0.4, -0.2) is 15.4 Å². The maximum Gasteiger partial charge on any atom is 0.350 e. The van der Waals surface area contributed by atoms with E-state index in [9.17, 15) is 4.79 Å². The highest BCUT2D eigenvalue weighted by molar-refractivity contribution is 7.12. The van der Waals surface area contributed by atoms with Gasteiger partial charge in [-0.25, -0.2) is 9.78 Å². The zero-order valence-electron chi connectivity index (χ0n) is 9.95. The summed E-state index contributed by atoms with van der Waals surface area (Å²) >= 11 is 1.27. The molecule has 2 N–H and O–H groups in total. The minimum Gasteiger partial charge on any atom is -0.455 e. The average Bonchev–Trinajstić information content (AvgIpc) is 3.01. The smallest absolute Gasteiger partial charge is 0.350 e. The predicted molar refractivity (Wildman–Crippen MR) is 73.0 cm³/mol. The Morgan fingerprint density at radius 1 is 1.42 bits per heavy atom. The number of carbonyl (C=O) groups excluding carboxylic acids is 1. The Labute approximate surface area is 113 Å². The number of fused-ring (bicyclic) bond motifs is 1. The summed E-state index contributed by atoms with van der Waals surface area (Å²) in [5.74, 6) is -0.412. The zero-order chi connectivity index (χ0) is 13.2. The van der Waals surface area contributed by atoms with Gasteiger partial charge in [0.2, 0.25) is 0 Å². The first-order valence-corrected chi connectivity index (χ1v) is 6.55. The predicted octanol–water partition coefficient (Wildman–Crippen LogP) is 2.33. The molecular formula is C13H11N3O2S. The van der Waals surface area contributed by atoms with Gasteiger partial charge in [-0.2, -0.15) is 0 Å². The third kappa shape index (κ3) is 2.30. The number of carbonyl (C=O) groups is 1. The van der Waals surface area contributed by atoms with Crippen LogP contribution in [0.4, 0.5) is 5.69 Å². The summed E-state index contributed by atoms with van der Waals surface area (Å²) < 4.78 is 7.08. The molecule has 0 bridgehead atoms. The molecule has 0 amide bonds. The topological polar surface area (TPSA) is 69.6 Å². The molecule has 0 aliphatic heterocycles. The lowest BCUT2D eigenvalue weighted by molar-refractivity contribution is 0.0475. The molecular weight excluding hydrogens is 262 g/mol. The summed E-state index contributed by atoms with van der Waals surface area (Å²) in [6.45, 7) is 0.137. The molecule has 5 nitrogen and oxygen atoms in total. The van der Waals surface area contributed by atoms with Gasteiger partial charge in [0.05, 0.1) is 11.4 Å². The Morgan fingerprint density at radius 3 is 3.05 bits per heavy atom. The second-order valence-corrected chi connectivity index (χ2v) is 4.90. The van der Waals surface area contributed by atoms with E-state index in [2.05, 4.69) is 4.98 Å². The van der Waals surface area contributed by atoms with Crippen LogP contribution in [0.1, 0.15) is 15.4 Å². The maximum absolute atomic E-state index is 11.8. The quantitative estimate of drug-likeness (QED) is 0.744. The number of esters is 1. The first-order chi connectivity index (χ1) is 9.24. The van der Waals surface area contributed by atoms with E-state index in [1.165, 1.54) is 11.3 Å². The van der Waals surface area contributed by atoms with Gasteiger partial charge in [-0.05, 0) is 23.6 Å². The average molecular weight is 273 g/mol. The molecule has 3 aromatic heterocycles. The lowest BCUT2D eigenvalue weighted by Gasteiger charge is -2.01. The van der Waals surface area contributed by atoms with Crippen LogP contribution in [0.5, 0.6) is 0 Å². The molecule has 3 heterocycles. The minimum atomic E-state index is -0.412. The third-order valence-corrected chi connectivity index (χ3v) is 3.56. The highest BCUT2D eigenvalue weighted by atomic mass is 32.1. The van der Waals surface area contributed by atoms with Gasteiger partial charge in [0.25, 0.3) is 0 Å². The number of aromatic nitrogens is 2. The van der Waals surface area contributed by atoms with Crippen LogP contribution in [-0.2, 0) is 11.3 Å². The van der Waals surface area contributed by atoms with E-state index in [-0.39, 0.29) is 6.61 Å². The van der Waals surface area contributed by atoms with Crippen LogP contribution in [0, 0.1) is 0 Å². The summed E-state index contributed by atoms with van der Waals surface area (Å²) in [4.78, 5) is 16.6. The molecule has 3 rings (SSSR count). The van der Waals surface area contributed by atoms with Gasteiger partial charge in [-0.1, -0.05) is 6.07 Å². The number of thiophene rings is 1. The number of hydrogen-bond acceptors (Lipinski definition) is 5. The molecule has 0 aliphatic rings. The van der Waals surface area contributed by atoms with Crippen LogP contribution in [0.2, 0.25) is 0 Å². The number of imidazole rings is 1. The standard InChI is InChI=1S/C13H11N3O2S/c14-10-4-6-19-12(10)13(17)18-8-9-7-16-5-2-1-3-11(16)15-9/h1-7H,8,14H2. The third-order valence-electron chi connectivity index (χ3n) is 2.65. The highest BCUT2D eigenvalue weighted by Gasteiger charge is 2.13. The molecule has 6 heteroatoms. The summed E-state index contributed by atoms with van der Waals surface area (Å²) in [6, 6.07) is 7.40. The van der Waals surface area contributed by atoms with E-state index in [1.54, 1.807) is 11.4 Å². The number of nitrogens with zero attached hydrogens (tertiary/aromatic N) is 2. The molecule has 0 unspecified atom stereocenters. The Balaban J connectivity index is 1.72. The summed E-state index contributed by atoms with van der Waals surface area (Å²) in [5, 5.41) is 1.76. The SMILES string of the molecule is Nc1ccsc1C(=O)OCc1cn2ccccc2n1. The first-order valence-electron chi connectivity index (χ1n) is 5.67. The van der Waals surface area contributed by atoms with Crippen LogP contribution >= 0.6 is 11.3 Å². The molecule has 0 aromatic carbocycles. The Hall–Kier alpha value is -2.34. The van der Waals surface area contributed by atoms with Crippen molar-refractivity contribution >= 4 is 28.6 Å². The summed E-state index contributed by atoms with van der Waals surface area (Å²) in [7, 11) is 0. The Kier molecular flexibility index (Phi) is 2.92. The molecule has 0 fully saturated rings. The van der Waals surface area contributed by atoms with Crippen molar-refractivity contribution in [2.24, 2.45) is 0 Å². The van der Waals surface area contributed by atoms with Crippen LogP contribution < -0.4 is 5.73 Å². The maximum atomic E-state index is 11.8. The molecule has 0 saturated carbocycles. The van der Waals surface area contributed by atoms with E-state index >= 15 is 0 Å². The van der Waals surface area contributed by atoms with E-state index in [1.807, 2.05) is 35.0 Å². The van der Waals surface area contributed by atoms with Gasteiger partial charge >= 0.3 is 5.97 Å². The molecule has 0 atom stereocenters. The fraction of sp³-hybridized carbons (Fsp3) is 0.0769. The van der Waals surface area contributed by atoms with E-state index < -0.39 is 5.97 Å². The molecule has 0 aliphatic carbocycles. The number of nitrogen functional groups attached to an aromatic ring is 1. The van der Waals surface area contributed by atoms with Crippen molar-refractivity contribution < 1.29 is 9.53 Å². The molecule has 0 radical (unpaired) electrons. The zero-order valence-corrected chi connectivity index (χ0v) is 10.8. The van der Waals surface area contributed by atoms with Crippen LogP contribution in [0.3, 0.4) is 0 Å². The normalized spacial score (nSPS) is 10.7. The number of anilines is 1. The fourth-order valence-corrected chi connectivity index (χ4v) is 2.46. The number of ether oxygens (including phenoxy) is 1. The van der Waals surface area contributed by atoms with Crippen molar-refractivity contribution in [1.82, 2.24) is 9.38 Å². The second-order valence-electron chi connectivity index (χ2n) is 3.98. The van der Waals surface area contributed by atoms with E-state index in [0.29, 0.717) is 16.3 Å². The van der Waals surface area contributed by atoms with Gasteiger partial charge in [-0.15, -0.1) is 11.3 Å². The van der Waals surface area contributed by atoms with E-state index in [4.69, 9.17) is 10.5 Å². The monoisotopic (exact) mass is 273 g/mol. The van der Waals surface area contributed by atoms with Gasteiger partial charge in [0.1, 0.15) is 17.1 Å². The largest absolute Gasteiger partial charge is 0.455 e. The molecule has 3 aromatic rings. The van der Waals surface area contributed by atoms with Crippen LogP contribution in [0.15, 0.2) is 42.0 Å². The molecule has 96 valence electrons.